The molecule has 5 rings (SSSR count). The Morgan fingerprint density at radius 2 is 1.79 bits per heavy atom. The number of morpholine rings is 1. The molecule has 2 aliphatic rings. The van der Waals surface area contributed by atoms with Crippen molar-refractivity contribution in [3.8, 4) is 12.3 Å². The molecule has 1 aliphatic carbocycles. The van der Waals surface area contributed by atoms with Crippen LogP contribution in [0, 0.1) is 24.0 Å². The topological polar surface area (TPSA) is 103 Å². The Labute approximate surface area is 275 Å². The molecular weight excluding hydrogens is 602 g/mol. The number of ether oxygens (including phenoxy) is 1. The molecule has 1 saturated carbocycles. The molecule has 2 atom stereocenters. The number of hydrogen-bond acceptors (Lipinski definition) is 8. The zero-order valence-electron chi connectivity index (χ0n) is 27.1. The molecule has 47 heavy (non-hydrogen) atoms. The van der Waals surface area contributed by atoms with Crippen molar-refractivity contribution >= 4 is 17.7 Å². The van der Waals surface area contributed by atoms with Crippen molar-refractivity contribution in [2.45, 2.75) is 63.6 Å². The van der Waals surface area contributed by atoms with Gasteiger partial charge in [-0.05, 0) is 67.5 Å². The molecule has 2 unspecified atom stereocenters. The molecule has 0 spiro atoms. The van der Waals surface area contributed by atoms with E-state index in [0.29, 0.717) is 43.6 Å². The summed E-state index contributed by atoms with van der Waals surface area (Å²) in [5.41, 5.74) is 1.91. The molecule has 250 valence electrons. The lowest BCUT2D eigenvalue weighted by atomic mass is 9.98. The second-order valence-electron chi connectivity index (χ2n) is 12.3. The Kier molecular flexibility index (Phi) is 11.4. The van der Waals surface area contributed by atoms with Gasteiger partial charge in [-0.25, -0.2) is 13.8 Å². The molecule has 0 bridgehead atoms. The SMILES string of the molecule is C#Cc1cccc(C2(NCC(O)C(Cc3cc(F)cc(F)c3)NC(=O)c3cc(N4CCOCC4)nc(N(CCC)CCC)n3)CC2)c1. The molecule has 1 aromatic heterocycles. The highest BCUT2D eigenvalue weighted by molar-refractivity contribution is 5.93. The van der Waals surface area contributed by atoms with Crippen LogP contribution in [0.15, 0.2) is 48.5 Å². The number of halogens is 2. The van der Waals surface area contributed by atoms with Crippen molar-refractivity contribution < 1.29 is 23.4 Å². The second-order valence-corrected chi connectivity index (χ2v) is 12.3. The van der Waals surface area contributed by atoms with Crippen LogP contribution in [0.25, 0.3) is 0 Å². The summed E-state index contributed by atoms with van der Waals surface area (Å²) in [7, 11) is 0. The van der Waals surface area contributed by atoms with Crippen LogP contribution in [-0.2, 0) is 16.7 Å². The van der Waals surface area contributed by atoms with Gasteiger partial charge in [-0.2, -0.15) is 4.98 Å². The van der Waals surface area contributed by atoms with Gasteiger partial charge in [-0.1, -0.05) is 31.9 Å². The number of rotatable bonds is 15. The van der Waals surface area contributed by atoms with E-state index in [-0.39, 0.29) is 24.2 Å². The first-order valence-corrected chi connectivity index (χ1v) is 16.5. The third-order valence-electron chi connectivity index (χ3n) is 8.68. The number of carbonyl (C=O) groups excluding carboxylic acids is 1. The van der Waals surface area contributed by atoms with Crippen LogP contribution in [0.1, 0.15) is 66.7 Å². The number of nitrogens with zero attached hydrogens (tertiary/aromatic N) is 4. The van der Waals surface area contributed by atoms with Crippen LogP contribution < -0.4 is 20.4 Å². The van der Waals surface area contributed by atoms with Crippen molar-refractivity contribution in [1.82, 2.24) is 20.6 Å². The van der Waals surface area contributed by atoms with Crippen molar-refractivity contribution in [2.75, 3.05) is 55.7 Å². The van der Waals surface area contributed by atoms with Crippen LogP contribution in [0.2, 0.25) is 0 Å². The molecule has 3 aromatic rings. The molecule has 9 nitrogen and oxygen atoms in total. The van der Waals surface area contributed by atoms with Crippen LogP contribution in [0.3, 0.4) is 0 Å². The van der Waals surface area contributed by atoms with Gasteiger partial charge in [0.05, 0.1) is 25.4 Å². The lowest BCUT2D eigenvalue weighted by molar-refractivity contribution is 0.0817. The number of carbonyl (C=O) groups is 1. The molecule has 3 N–H and O–H groups in total. The maximum Gasteiger partial charge on any atom is 0.270 e. The first-order valence-electron chi connectivity index (χ1n) is 16.5. The zero-order chi connectivity index (χ0) is 33.4. The van der Waals surface area contributed by atoms with E-state index in [2.05, 4.69) is 45.2 Å². The Morgan fingerprint density at radius 1 is 1.09 bits per heavy atom. The molecule has 2 heterocycles. The lowest BCUT2D eigenvalue weighted by Crippen LogP contribution is -2.50. The fourth-order valence-corrected chi connectivity index (χ4v) is 6.04. The standard InChI is InChI=1S/C36H44F2N6O3/c1-4-12-44(13-5-2)35-41-31(23-33(42-35)43-14-16-47-17-15-43)34(46)40-30(21-26-19-28(37)22-29(38)20-26)32(45)24-39-36(10-11-36)27-9-7-8-25(6-3)18-27/h3,7-9,18-20,22-23,30,32,39,45H,4-5,10-17,21,24H2,1-2H3,(H,40,46). The van der Waals surface area contributed by atoms with Crippen LogP contribution in [0.5, 0.6) is 0 Å². The molecule has 0 radical (unpaired) electrons. The number of nitrogens with one attached hydrogen (secondary N) is 2. The number of aliphatic hydroxyl groups excluding tert-OH is 1. The van der Waals surface area contributed by atoms with E-state index in [9.17, 15) is 18.7 Å². The predicted molar refractivity (Wildman–Crippen MR) is 178 cm³/mol. The predicted octanol–water partition coefficient (Wildman–Crippen LogP) is 4.18. The first-order chi connectivity index (χ1) is 22.7. The monoisotopic (exact) mass is 646 g/mol. The van der Waals surface area contributed by atoms with Gasteiger partial charge in [0.25, 0.3) is 5.91 Å². The summed E-state index contributed by atoms with van der Waals surface area (Å²) in [6, 6.07) is 11.7. The van der Waals surface area contributed by atoms with Crippen LogP contribution >= 0.6 is 0 Å². The minimum Gasteiger partial charge on any atom is -0.390 e. The zero-order valence-corrected chi connectivity index (χ0v) is 27.1. The van der Waals surface area contributed by atoms with Crippen LogP contribution in [-0.4, -0.2) is 79.1 Å². The molecule has 1 amide bonds. The van der Waals surface area contributed by atoms with E-state index < -0.39 is 29.7 Å². The van der Waals surface area contributed by atoms with Gasteiger partial charge in [-0.3, -0.25) is 4.79 Å². The quantitative estimate of drug-likeness (QED) is 0.212. The van der Waals surface area contributed by atoms with Crippen molar-refractivity contribution in [1.29, 1.82) is 0 Å². The molecule has 2 fully saturated rings. The van der Waals surface area contributed by atoms with E-state index in [1.807, 2.05) is 24.3 Å². The van der Waals surface area contributed by atoms with Gasteiger partial charge in [-0.15, -0.1) is 6.42 Å². The summed E-state index contributed by atoms with van der Waals surface area (Å²) in [5, 5.41) is 17.9. The highest BCUT2D eigenvalue weighted by Crippen LogP contribution is 2.45. The number of aromatic nitrogens is 2. The van der Waals surface area contributed by atoms with E-state index in [4.69, 9.17) is 16.1 Å². The van der Waals surface area contributed by atoms with E-state index in [0.717, 1.165) is 56.0 Å². The van der Waals surface area contributed by atoms with Crippen molar-refractivity contribution in [3.63, 3.8) is 0 Å². The molecule has 2 aromatic carbocycles. The fourth-order valence-electron chi connectivity index (χ4n) is 6.04. The van der Waals surface area contributed by atoms with Gasteiger partial charge in [0.15, 0.2) is 0 Å². The van der Waals surface area contributed by atoms with Gasteiger partial charge in [0, 0.05) is 56.0 Å². The smallest absolute Gasteiger partial charge is 0.270 e. The van der Waals surface area contributed by atoms with Crippen molar-refractivity contribution in [3.05, 3.63) is 82.5 Å². The molecule has 11 heteroatoms. The fraction of sp³-hybridized carbons (Fsp3) is 0.472. The summed E-state index contributed by atoms with van der Waals surface area (Å²) in [4.78, 5) is 27.6. The second kappa shape index (κ2) is 15.7. The number of anilines is 2. The third-order valence-corrected chi connectivity index (χ3v) is 8.68. The maximum absolute atomic E-state index is 14.2. The van der Waals surface area contributed by atoms with Crippen LogP contribution in [0.4, 0.5) is 20.5 Å². The summed E-state index contributed by atoms with van der Waals surface area (Å²) in [5.74, 6) is 1.77. The normalized spacial score (nSPS) is 16.6. The summed E-state index contributed by atoms with van der Waals surface area (Å²) >= 11 is 0. The average Bonchev–Trinajstić information content (AvgIpc) is 3.88. The molecule has 1 aliphatic heterocycles. The van der Waals surface area contributed by atoms with Gasteiger partial charge < -0.3 is 30.3 Å². The number of amides is 1. The summed E-state index contributed by atoms with van der Waals surface area (Å²) in [6.07, 6.45) is 8.00. The summed E-state index contributed by atoms with van der Waals surface area (Å²) < 4.78 is 33.9. The van der Waals surface area contributed by atoms with E-state index >= 15 is 0 Å². The van der Waals surface area contributed by atoms with Crippen molar-refractivity contribution in [2.24, 2.45) is 0 Å². The Balaban J connectivity index is 1.41. The average molecular weight is 647 g/mol. The van der Waals surface area contributed by atoms with Gasteiger partial charge >= 0.3 is 0 Å². The number of terminal acetylenes is 1. The largest absolute Gasteiger partial charge is 0.390 e. The van der Waals surface area contributed by atoms with Gasteiger partial charge in [0.1, 0.15) is 23.1 Å². The molecule has 1 saturated heterocycles. The lowest BCUT2D eigenvalue weighted by Gasteiger charge is -2.30. The maximum atomic E-state index is 14.2. The number of hydrogen-bond donors (Lipinski definition) is 3. The summed E-state index contributed by atoms with van der Waals surface area (Å²) in [6.45, 7) is 8.09. The highest BCUT2D eigenvalue weighted by atomic mass is 19.1. The minimum absolute atomic E-state index is 0.00506. The number of benzene rings is 2. The van der Waals surface area contributed by atoms with E-state index in [1.54, 1.807) is 6.07 Å². The number of aliphatic hydroxyl groups is 1. The highest BCUT2D eigenvalue weighted by Gasteiger charge is 2.44. The third kappa shape index (κ3) is 8.83. The molecular formula is C36H44F2N6O3. The first kappa shape index (κ1) is 34.2. The minimum atomic E-state index is -1.10. The Bertz CT molecular complexity index is 1540. The van der Waals surface area contributed by atoms with E-state index in [1.165, 1.54) is 12.1 Å². The Hall–Kier alpha value is -4.11. The van der Waals surface area contributed by atoms with Gasteiger partial charge in [0.2, 0.25) is 5.95 Å². The Morgan fingerprint density at radius 3 is 2.43 bits per heavy atom.